The van der Waals surface area contributed by atoms with E-state index >= 15 is 0 Å². The van der Waals surface area contributed by atoms with Crippen LogP contribution < -0.4 is 5.32 Å². The van der Waals surface area contributed by atoms with Crippen LogP contribution in [0.4, 0.5) is 0 Å². The SMILES string of the molecule is O=C(CSc1ccc(Br)cc1)NCCC1=CCCCC1. The molecule has 0 saturated carbocycles. The molecule has 1 amide bonds. The highest BCUT2D eigenvalue weighted by atomic mass is 79.9. The van der Waals surface area contributed by atoms with Gasteiger partial charge in [-0.1, -0.05) is 27.6 Å². The first kappa shape index (κ1) is 15.6. The third kappa shape index (κ3) is 5.71. The van der Waals surface area contributed by atoms with Gasteiger partial charge in [0.2, 0.25) is 5.91 Å². The summed E-state index contributed by atoms with van der Waals surface area (Å²) in [5.41, 5.74) is 1.51. The van der Waals surface area contributed by atoms with E-state index < -0.39 is 0 Å². The molecule has 0 spiro atoms. The number of carbonyl (C=O) groups is 1. The Morgan fingerprint density at radius 1 is 1.25 bits per heavy atom. The van der Waals surface area contributed by atoms with Gasteiger partial charge in [0.15, 0.2) is 0 Å². The molecule has 0 atom stereocenters. The van der Waals surface area contributed by atoms with Gasteiger partial charge >= 0.3 is 0 Å². The van der Waals surface area contributed by atoms with Gasteiger partial charge in [-0.25, -0.2) is 0 Å². The highest BCUT2D eigenvalue weighted by molar-refractivity contribution is 9.10. The molecule has 4 heteroatoms. The van der Waals surface area contributed by atoms with Crippen molar-refractivity contribution in [2.45, 2.75) is 37.0 Å². The summed E-state index contributed by atoms with van der Waals surface area (Å²) in [6.07, 6.45) is 8.39. The van der Waals surface area contributed by atoms with Gasteiger partial charge in [0.05, 0.1) is 5.75 Å². The van der Waals surface area contributed by atoms with Crippen molar-refractivity contribution in [1.82, 2.24) is 5.32 Å². The van der Waals surface area contributed by atoms with Gasteiger partial charge in [0.25, 0.3) is 0 Å². The lowest BCUT2D eigenvalue weighted by molar-refractivity contribution is -0.118. The second-order valence-corrected chi connectivity index (χ2v) is 6.92. The van der Waals surface area contributed by atoms with E-state index in [2.05, 4.69) is 27.3 Å². The van der Waals surface area contributed by atoms with Crippen molar-refractivity contribution in [3.05, 3.63) is 40.4 Å². The molecule has 1 aliphatic carbocycles. The van der Waals surface area contributed by atoms with Crippen LogP contribution in [0.1, 0.15) is 32.1 Å². The monoisotopic (exact) mass is 353 g/mol. The number of rotatable bonds is 6. The van der Waals surface area contributed by atoms with E-state index in [9.17, 15) is 4.79 Å². The van der Waals surface area contributed by atoms with Gasteiger partial charge in [0.1, 0.15) is 0 Å². The minimum Gasteiger partial charge on any atom is -0.355 e. The molecule has 2 rings (SSSR count). The zero-order valence-corrected chi connectivity index (χ0v) is 13.9. The van der Waals surface area contributed by atoms with Crippen molar-refractivity contribution < 1.29 is 4.79 Å². The van der Waals surface area contributed by atoms with Gasteiger partial charge < -0.3 is 5.32 Å². The molecule has 0 bridgehead atoms. The van der Waals surface area contributed by atoms with E-state index in [0.717, 1.165) is 22.3 Å². The zero-order valence-electron chi connectivity index (χ0n) is 11.5. The molecule has 1 N–H and O–H groups in total. The van der Waals surface area contributed by atoms with E-state index in [1.165, 1.54) is 31.3 Å². The normalized spacial score (nSPS) is 14.8. The number of benzene rings is 1. The predicted octanol–water partition coefficient (Wildman–Crippen LogP) is 4.55. The van der Waals surface area contributed by atoms with E-state index in [0.29, 0.717) is 5.75 Å². The highest BCUT2D eigenvalue weighted by Gasteiger charge is 2.05. The molecule has 0 saturated heterocycles. The Morgan fingerprint density at radius 3 is 2.75 bits per heavy atom. The number of halogens is 1. The Kier molecular flexibility index (Phi) is 6.67. The van der Waals surface area contributed by atoms with Gasteiger partial charge in [-0.3, -0.25) is 4.79 Å². The maximum atomic E-state index is 11.8. The maximum absolute atomic E-state index is 11.8. The van der Waals surface area contributed by atoms with Crippen LogP contribution in [-0.2, 0) is 4.79 Å². The second-order valence-electron chi connectivity index (χ2n) is 4.95. The second kappa shape index (κ2) is 8.53. The topological polar surface area (TPSA) is 29.1 Å². The Hall–Kier alpha value is -0.740. The molecule has 1 aliphatic rings. The summed E-state index contributed by atoms with van der Waals surface area (Å²) in [7, 11) is 0. The fourth-order valence-corrected chi connectivity index (χ4v) is 3.22. The lowest BCUT2D eigenvalue weighted by Crippen LogP contribution is -2.26. The van der Waals surface area contributed by atoms with Crippen LogP contribution in [-0.4, -0.2) is 18.2 Å². The number of nitrogens with one attached hydrogen (secondary N) is 1. The summed E-state index contributed by atoms with van der Waals surface area (Å²) in [6.45, 7) is 0.769. The molecule has 2 nitrogen and oxygen atoms in total. The van der Waals surface area contributed by atoms with E-state index in [1.807, 2.05) is 24.3 Å². The van der Waals surface area contributed by atoms with Crippen LogP contribution in [0, 0.1) is 0 Å². The molecule has 0 heterocycles. The smallest absolute Gasteiger partial charge is 0.230 e. The van der Waals surface area contributed by atoms with E-state index in [4.69, 9.17) is 0 Å². The summed E-state index contributed by atoms with van der Waals surface area (Å²) in [5, 5.41) is 3.00. The minimum absolute atomic E-state index is 0.120. The molecular weight excluding hydrogens is 334 g/mol. The number of hydrogen-bond donors (Lipinski definition) is 1. The zero-order chi connectivity index (χ0) is 14.2. The summed E-state index contributed by atoms with van der Waals surface area (Å²) in [6, 6.07) is 8.04. The Labute approximate surface area is 133 Å². The number of amides is 1. The van der Waals surface area contributed by atoms with Crippen molar-refractivity contribution in [1.29, 1.82) is 0 Å². The van der Waals surface area contributed by atoms with Crippen LogP contribution in [0.5, 0.6) is 0 Å². The Bertz CT molecular complexity index is 470. The standard InChI is InChI=1S/C16H20BrNOS/c17-14-6-8-15(9-7-14)20-12-16(19)18-11-10-13-4-2-1-3-5-13/h4,6-9H,1-3,5,10-12H2,(H,18,19). The molecule has 1 aromatic carbocycles. The third-order valence-electron chi connectivity index (χ3n) is 3.34. The molecule has 0 unspecified atom stereocenters. The average Bonchev–Trinajstić information content (AvgIpc) is 2.48. The van der Waals surface area contributed by atoms with Crippen molar-refractivity contribution in [2.75, 3.05) is 12.3 Å². The molecular formula is C16H20BrNOS. The predicted molar refractivity (Wildman–Crippen MR) is 89.0 cm³/mol. The van der Waals surface area contributed by atoms with Crippen LogP contribution >= 0.6 is 27.7 Å². The lowest BCUT2D eigenvalue weighted by Gasteiger charge is -2.12. The van der Waals surface area contributed by atoms with Gasteiger partial charge in [-0.2, -0.15) is 0 Å². The molecule has 20 heavy (non-hydrogen) atoms. The first-order valence-corrected chi connectivity index (χ1v) is 8.85. The largest absolute Gasteiger partial charge is 0.355 e. The number of allylic oxidation sites excluding steroid dienone is 1. The highest BCUT2D eigenvalue weighted by Crippen LogP contribution is 2.21. The first-order valence-electron chi connectivity index (χ1n) is 7.07. The average molecular weight is 354 g/mol. The van der Waals surface area contributed by atoms with Crippen LogP contribution in [0.15, 0.2) is 45.3 Å². The van der Waals surface area contributed by atoms with Crippen molar-refractivity contribution in [3.63, 3.8) is 0 Å². The third-order valence-corrected chi connectivity index (χ3v) is 4.88. The molecule has 0 radical (unpaired) electrons. The van der Waals surface area contributed by atoms with E-state index in [1.54, 1.807) is 11.8 Å². The van der Waals surface area contributed by atoms with Crippen molar-refractivity contribution >= 4 is 33.6 Å². The van der Waals surface area contributed by atoms with Crippen LogP contribution in [0.2, 0.25) is 0 Å². The van der Waals surface area contributed by atoms with Gasteiger partial charge in [-0.15, -0.1) is 11.8 Å². The molecule has 1 aromatic rings. The van der Waals surface area contributed by atoms with Crippen molar-refractivity contribution in [3.8, 4) is 0 Å². The lowest BCUT2D eigenvalue weighted by atomic mass is 9.97. The molecule has 0 aromatic heterocycles. The molecule has 108 valence electrons. The number of thioether (sulfide) groups is 1. The van der Waals surface area contributed by atoms with Crippen molar-refractivity contribution in [2.24, 2.45) is 0 Å². The first-order chi connectivity index (χ1) is 9.74. The Morgan fingerprint density at radius 2 is 2.05 bits per heavy atom. The summed E-state index contributed by atoms with van der Waals surface area (Å²) in [4.78, 5) is 12.9. The maximum Gasteiger partial charge on any atom is 0.230 e. The number of hydrogen-bond acceptors (Lipinski definition) is 2. The van der Waals surface area contributed by atoms with Crippen LogP contribution in [0.3, 0.4) is 0 Å². The van der Waals surface area contributed by atoms with E-state index in [-0.39, 0.29) is 5.91 Å². The van der Waals surface area contributed by atoms with Gasteiger partial charge in [-0.05, 0) is 56.4 Å². The fraction of sp³-hybridized carbons (Fsp3) is 0.438. The van der Waals surface area contributed by atoms with Gasteiger partial charge in [0, 0.05) is 15.9 Å². The fourth-order valence-electron chi connectivity index (χ4n) is 2.22. The minimum atomic E-state index is 0.120. The summed E-state index contributed by atoms with van der Waals surface area (Å²) < 4.78 is 1.06. The molecule has 0 aliphatic heterocycles. The summed E-state index contributed by atoms with van der Waals surface area (Å²) >= 11 is 4.98. The number of carbonyl (C=O) groups excluding carboxylic acids is 1. The molecule has 0 fully saturated rings. The quantitative estimate of drug-likeness (QED) is 0.600. The van der Waals surface area contributed by atoms with Crippen LogP contribution in [0.25, 0.3) is 0 Å². The Balaban J connectivity index is 1.62. The summed E-state index contributed by atoms with van der Waals surface area (Å²) in [5.74, 6) is 0.607.